The summed E-state index contributed by atoms with van der Waals surface area (Å²) in [7, 11) is 0. The van der Waals surface area contributed by atoms with E-state index < -0.39 is 6.10 Å². The number of aromatic nitrogens is 2. The maximum Gasteiger partial charge on any atom is 0.266 e. The molecule has 1 fully saturated rings. The average Bonchev–Trinajstić information content (AvgIpc) is 3.09. The molecule has 2 aromatic heterocycles. The summed E-state index contributed by atoms with van der Waals surface area (Å²) in [6.07, 6.45) is -0.401. The van der Waals surface area contributed by atoms with Gasteiger partial charge in [0.25, 0.3) is 11.8 Å². The van der Waals surface area contributed by atoms with Gasteiger partial charge in [0.05, 0.1) is 40.6 Å². The number of hydrogen-bond donors (Lipinski definition) is 1. The molecule has 1 aromatic carbocycles. The van der Waals surface area contributed by atoms with Gasteiger partial charge in [-0.05, 0) is 39.8 Å². The largest absolute Gasteiger partial charge is 0.368 e. The number of nitrogens with one attached hydrogen (secondary N) is 1. The predicted molar refractivity (Wildman–Crippen MR) is 121 cm³/mol. The number of para-hydroxylation sites is 1. The molecular formula is C23H26N4O3S. The standard InChI is InChI=1S/C23H26N4O3S/c1-13(2)24-22(28)17-11-19(26-18-8-6-5-7-16(17)18)20-12-27(9-10-30-20)23(29)21-14(3)25-15(4)31-21/h5-8,11,13,20H,9-10,12H2,1-4H3,(H,24,28)/t20-/m0/s1. The highest BCUT2D eigenvalue weighted by Crippen LogP contribution is 2.28. The van der Waals surface area contributed by atoms with Crippen LogP contribution in [0.15, 0.2) is 30.3 Å². The smallest absolute Gasteiger partial charge is 0.266 e. The summed E-state index contributed by atoms with van der Waals surface area (Å²) in [6, 6.07) is 9.39. The molecule has 1 aliphatic rings. The summed E-state index contributed by atoms with van der Waals surface area (Å²) in [5.74, 6) is -0.177. The number of amides is 2. The summed E-state index contributed by atoms with van der Waals surface area (Å²) in [4.78, 5) is 37.5. The van der Waals surface area contributed by atoms with Crippen LogP contribution in [0, 0.1) is 13.8 Å². The van der Waals surface area contributed by atoms with E-state index in [4.69, 9.17) is 9.72 Å². The van der Waals surface area contributed by atoms with Crippen LogP contribution in [0.4, 0.5) is 0 Å². The Morgan fingerprint density at radius 2 is 2.00 bits per heavy atom. The van der Waals surface area contributed by atoms with Crippen molar-refractivity contribution in [3.8, 4) is 0 Å². The lowest BCUT2D eigenvalue weighted by Gasteiger charge is -2.32. The molecule has 2 amide bonds. The van der Waals surface area contributed by atoms with E-state index in [1.165, 1.54) is 11.3 Å². The molecule has 3 heterocycles. The third kappa shape index (κ3) is 4.45. The van der Waals surface area contributed by atoms with Crippen LogP contribution in [0.25, 0.3) is 10.9 Å². The summed E-state index contributed by atoms with van der Waals surface area (Å²) >= 11 is 1.42. The SMILES string of the molecule is Cc1nc(C)c(C(=O)N2CCO[C@H](c3cc(C(=O)NC(C)C)c4ccccc4n3)C2)s1. The zero-order chi connectivity index (χ0) is 22.1. The van der Waals surface area contributed by atoms with E-state index in [2.05, 4.69) is 10.3 Å². The van der Waals surface area contributed by atoms with Crippen molar-refractivity contribution in [1.82, 2.24) is 20.2 Å². The van der Waals surface area contributed by atoms with Crippen LogP contribution in [-0.2, 0) is 4.74 Å². The Morgan fingerprint density at radius 1 is 1.23 bits per heavy atom. The summed E-state index contributed by atoms with van der Waals surface area (Å²) in [5.41, 5.74) is 2.71. The topological polar surface area (TPSA) is 84.4 Å². The lowest BCUT2D eigenvalue weighted by molar-refractivity contribution is -0.0244. The minimum atomic E-state index is -0.401. The number of thiazole rings is 1. The van der Waals surface area contributed by atoms with E-state index >= 15 is 0 Å². The first-order valence-corrected chi connectivity index (χ1v) is 11.2. The molecule has 31 heavy (non-hydrogen) atoms. The van der Waals surface area contributed by atoms with Crippen LogP contribution < -0.4 is 5.32 Å². The monoisotopic (exact) mass is 438 g/mol. The number of fused-ring (bicyclic) bond motifs is 1. The quantitative estimate of drug-likeness (QED) is 0.672. The number of aryl methyl sites for hydroxylation is 2. The summed E-state index contributed by atoms with van der Waals surface area (Å²) < 4.78 is 5.98. The molecule has 162 valence electrons. The Balaban J connectivity index is 1.65. The van der Waals surface area contributed by atoms with E-state index in [1.807, 2.05) is 52.0 Å². The lowest BCUT2D eigenvalue weighted by Crippen LogP contribution is -2.42. The number of nitrogens with zero attached hydrogens (tertiary/aromatic N) is 3. The molecule has 0 spiro atoms. The van der Waals surface area contributed by atoms with Crippen LogP contribution >= 0.6 is 11.3 Å². The third-order valence-corrected chi connectivity index (χ3v) is 6.24. The number of rotatable bonds is 4. The van der Waals surface area contributed by atoms with Gasteiger partial charge in [-0.2, -0.15) is 0 Å². The van der Waals surface area contributed by atoms with Crippen molar-refractivity contribution in [3.63, 3.8) is 0 Å². The van der Waals surface area contributed by atoms with Crippen molar-refractivity contribution < 1.29 is 14.3 Å². The highest BCUT2D eigenvalue weighted by molar-refractivity contribution is 7.13. The Hall–Kier alpha value is -2.84. The van der Waals surface area contributed by atoms with Crippen LogP contribution in [0.1, 0.15) is 56.4 Å². The van der Waals surface area contributed by atoms with Gasteiger partial charge in [0, 0.05) is 18.0 Å². The third-order valence-electron chi connectivity index (χ3n) is 5.18. The Labute approximate surface area is 185 Å². The van der Waals surface area contributed by atoms with Gasteiger partial charge in [0.15, 0.2) is 0 Å². The van der Waals surface area contributed by atoms with E-state index in [-0.39, 0.29) is 17.9 Å². The molecule has 0 radical (unpaired) electrons. The van der Waals surface area contributed by atoms with Crippen molar-refractivity contribution in [1.29, 1.82) is 0 Å². The van der Waals surface area contributed by atoms with Crippen molar-refractivity contribution in [2.75, 3.05) is 19.7 Å². The molecule has 4 rings (SSSR count). The van der Waals surface area contributed by atoms with Crippen LogP contribution in [-0.4, -0.2) is 52.4 Å². The highest BCUT2D eigenvalue weighted by Gasteiger charge is 2.30. The van der Waals surface area contributed by atoms with Crippen molar-refractivity contribution in [2.45, 2.75) is 39.8 Å². The Morgan fingerprint density at radius 3 is 2.71 bits per heavy atom. The first-order chi connectivity index (χ1) is 14.8. The van der Waals surface area contributed by atoms with E-state index in [0.717, 1.165) is 21.6 Å². The normalized spacial score (nSPS) is 16.7. The van der Waals surface area contributed by atoms with Crippen molar-refractivity contribution >= 4 is 34.1 Å². The van der Waals surface area contributed by atoms with Gasteiger partial charge in [-0.3, -0.25) is 9.59 Å². The van der Waals surface area contributed by atoms with Crippen LogP contribution in [0.2, 0.25) is 0 Å². The second-order valence-electron chi connectivity index (χ2n) is 8.00. The van der Waals surface area contributed by atoms with E-state index in [9.17, 15) is 9.59 Å². The first-order valence-electron chi connectivity index (χ1n) is 10.4. The molecule has 1 saturated heterocycles. The number of carbonyl (C=O) groups excluding carboxylic acids is 2. The van der Waals surface area contributed by atoms with Crippen LogP contribution in [0.3, 0.4) is 0 Å². The highest BCUT2D eigenvalue weighted by atomic mass is 32.1. The minimum absolute atomic E-state index is 0.0213. The fraction of sp³-hybridized carbons (Fsp3) is 0.391. The molecule has 0 bridgehead atoms. The molecule has 1 atom stereocenters. The van der Waals surface area contributed by atoms with Gasteiger partial charge in [0.2, 0.25) is 0 Å². The number of hydrogen-bond acceptors (Lipinski definition) is 6. The molecule has 0 unspecified atom stereocenters. The predicted octanol–water partition coefficient (Wildman–Crippen LogP) is 3.66. The van der Waals surface area contributed by atoms with E-state index in [0.29, 0.717) is 35.8 Å². The van der Waals surface area contributed by atoms with Gasteiger partial charge in [-0.1, -0.05) is 18.2 Å². The Kier molecular flexibility index (Phi) is 6.02. The fourth-order valence-electron chi connectivity index (χ4n) is 3.77. The molecular weight excluding hydrogens is 412 g/mol. The molecule has 1 N–H and O–H groups in total. The average molecular weight is 439 g/mol. The molecule has 7 nitrogen and oxygen atoms in total. The van der Waals surface area contributed by atoms with Crippen molar-refractivity contribution in [2.24, 2.45) is 0 Å². The maximum absolute atomic E-state index is 13.1. The number of pyridine rings is 1. The second-order valence-corrected chi connectivity index (χ2v) is 9.20. The summed E-state index contributed by atoms with van der Waals surface area (Å²) in [5, 5.41) is 4.63. The number of morpholine rings is 1. The maximum atomic E-state index is 13.1. The second kappa shape index (κ2) is 8.72. The molecule has 0 saturated carbocycles. The zero-order valence-electron chi connectivity index (χ0n) is 18.1. The fourth-order valence-corrected chi connectivity index (χ4v) is 4.66. The van der Waals surface area contributed by atoms with Gasteiger partial charge in [-0.15, -0.1) is 11.3 Å². The Bertz CT molecular complexity index is 1140. The van der Waals surface area contributed by atoms with Crippen LogP contribution in [0.5, 0.6) is 0 Å². The lowest BCUT2D eigenvalue weighted by atomic mass is 10.0. The summed E-state index contributed by atoms with van der Waals surface area (Å²) in [6.45, 7) is 8.93. The van der Waals surface area contributed by atoms with Gasteiger partial charge >= 0.3 is 0 Å². The number of carbonyl (C=O) groups is 2. The first kappa shape index (κ1) is 21.4. The number of benzene rings is 1. The molecule has 1 aliphatic heterocycles. The minimum Gasteiger partial charge on any atom is -0.368 e. The zero-order valence-corrected chi connectivity index (χ0v) is 19.0. The molecule has 3 aromatic rings. The van der Waals surface area contributed by atoms with Crippen molar-refractivity contribution in [3.05, 3.63) is 57.2 Å². The van der Waals surface area contributed by atoms with Gasteiger partial charge in [-0.25, -0.2) is 9.97 Å². The molecule has 0 aliphatic carbocycles. The van der Waals surface area contributed by atoms with Gasteiger partial charge in [0.1, 0.15) is 11.0 Å². The van der Waals surface area contributed by atoms with E-state index in [1.54, 1.807) is 11.0 Å². The van der Waals surface area contributed by atoms with Gasteiger partial charge < -0.3 is 15.0 Å². The number of ether oxygens (including phenoxy) is 1. The molecule has 8 heteroatoms.